The first kappa shape index (κ1) is 15.5. The van der Waals surface area contributed by atoms with Gasteiger partial charge in [-0.05, 0) is 32.3 Å². The quantitative estimate of drug-likeness (QED) is 0.902. The Labute approximate surface area is 126 Å². The molecule has 1 aliphatic rings. The predicted octanol–water partition coefficient (Wildman–Crippen LogP) is 2.09. The van der Waals surface area contributed by atoms with E-state index in [1.54, 1.807) is 0 Å². The molecule has 0 atom stereocenters. The molecule has 1 heterocycles. The SMILES string of the molecule is CC(C)(C(=O)NCCC(=O)N1CCCC1)c1ccccc1. The Hall–Kier alpha value is -1.84. The predicted molar refractivity (Wildman–Crippen MR) is 82.9 cm³/mol. The van der Waals surface area contributed by atoms with Crippen LogP contribution in [-0.4, -0.2) is 36.3 Å². The number of carbonyl (C=O) groups excluding carboxylic acids is 2. The summed E-state index contributed by atoms with van der Waals surface area (Å²) in [4.78, 5) is 26.1. The molecule has 1 aliphatic heterocycles. The Bertz CT molecular complexity index is 491. The zero-order valence-electron chi connectivity index (χ0n) is 12.9. The van der Waals surface area contributed by atoms with Crippen LogP contribution in [0.15, 0.2) is 30.3 Å². The van der Waals surface area contributed by atoms with Gasteiger partial charge < -0.3 is 10.2 Å². The summed E-state index contributed by atoms with van der Waals surface area (Å²) in [5.74, 6) is 0.105. The molecule has 1 saturated heterocycles. The highest BCUT2D eigenvalue weighted by Crippen LogP contribution is 2.22. The van der Waals surface area contributed by atoms with E-state index in [0.717, 1.165) is 31.5 Å². The van der Waals surface area contributed by atoms with E-state index in [2.05, 4.69) is 5.32 Å². The van der Waals surface area contributed by atoms with Crippen LogP contribution in [0.3, 0.4) is 0 Å². The van der Waals surface area contributed by atoms with Crippen molar-refractivity contribution < 1.29 is 9.59 Å². The van der Waals surface area contributed by atoms with Gasteiger partial charge in [-0.25, -0.2) is 0 Å². The molecule has 0 saturated carbocycles. The lowest BCUT2D eigenvalue weighted by Crippen LogP contribution is -2.41. The van der Waals surface area contributed by atoms with Gasteiger partial charge in [0.05, 0.1) is 5.41 Å². The van der Waals surface area contributed by atoms with E-state index in [1.807, 2.05) is 49.1 Å². The number of nitrogens with one attached hydrogen (secondary N) is 1. The van der Waals surface area contributed by atoms with Gasteiger partial charge in [0.1, 0.15) is 0 Å². The molecule has 0 bridgehead atoms. The minimum atomic E-state index is -0.585. The summed E-state index contributed by atoms with van der Waals surface area (Å²) in [7, 11) is 0. The third-order valence-electron chi connectivity index (χ3n) is 4.15. The van der Waals surface area contributed by atoms with E-state index in [4.69, 9.17) is 0 Å². The Balaban J connectivity index is 1.82. The van der Waals surface area contributed by atoms with Crippen molar-refractivity contribution in [1.29, 1.82) is 0 Å². The van der Waals surface area contributed by atoms with E-state index in [1.165, 1.54) is 0 Å². The van der Waals surface area contributed by atoms with Crippen LogP contribution >= 0.6 is 0 Å². The number of likely N-dealkylation sites (tertiary alicyclic amines) is 1. The van der Waals surface area contributed by atoms with Crippen molar-refractivity contribution in [3.8, 4) is 0 Å². The van der Waals surface area contributed by atoms with Gasteiger partial charge in [-0.15, -0.1) is 0 Å². The highest BCUT2D eigenvalue weighted by atomic mass is 16.2. The van der Waals surface area contributed by atoms with Crippen LogP contribution in [0.25, 0.3) is 0 Å². The molecule has 114 valence electrons. The van der Waals surface area contributed by atoms with E-state index in [0.29, 0.717) is 13.0 Å². The minimum Gasteiger partial charge on any atom is -0.355 e. The second-order valence-corrected chi connectivity index (χ2v) is 6.08. The summed E-state index contributed by atoms with van der Waals surface area (Å²) in [5.41, 5.74) is 0.395. The largest absolute Gasteiger partial charge is 0.355 e. The molecule has 1 aromatic carbocycles. The number of hydrogen-bond donors (Lipinski definition) is 1. The van der Waals surface area contributed by atoms with Gasteiger partial charge in [-0.2, -0.15) is 0 Å². The van der Waals surface area contributed by atoms with Gasteiger partial charge in [0.25, 0.3) is 0 Å². The number of benzene rings is 1. The molecule has 1 fully saturated rings. The molecule has 4 heteroatoms. The molecule has 2 rings (SSSR count). The summed E-state index contributed by atoms with van der Waals surface area (Å²) in [6.45, 7) is 5.94. The molecule has 4 nitrogen and oxygen atoms in total. The molecule has 0 radical (unpaired) electrons. The van der Waals surface area contributed by atoms with Gasteiger partial charge in [-0.3, -0.25) is 9.59 Å². The van der Waals surface area contributed by atoms with Crippen molar-refractivity contribution in [3.63, 3.8) is 0 Å². The van der Waals surface area contributed by atoms with Crippen LogP contribution in [0.1, 0.15) is 38.7 Å². The number of hydrogen-bond acceptors (Lipinski definition) is 2. The smallest absolute Gasteiger partial charge is 0.230 e. The molecule has 0 aliphatic carbocycles. The highest BCUT2D eigenvalue weighted by Gasteiger charge is 2.29. The van der Waals surface area contributed by atoms with Gasteiger partial charge >= 0.3 is 0 Å². The second kappa shape index (κ2) is 6.74. The van der Waals surface area contributed by atoms with Crippen LogP contribution in [0.2, 0.25) is 0 Å². The van der Waals surface area contributed by atoms with Gasteiger partial charge in [0, 0.05) is 26.1 Å². The maximum absolute atomic E-state index is 12.3. The lowest BCUT2D eigenvalue weighted by molar-refractivity contribution is -0.130. The number of carbonyl (C=O) groups is 2. The molecular formula is C17H24N2O2. The fourth-order valence-electron chi connectivity index (χ4n) is 2.61. The van der Waals surface area contributed by atoms with E-state index in [-0.39, 0.29) is 11.8 Å². The first-order valence-corrected chi connectivity index (χ1v) is 7.63. The maximum Gasteiger partial charge on any atom is 0.230 e. The molecule has 0 unspecified atom stereocenters. The molecule has 1 aromatic rings. The van der Waals surface area contributed by atoms with Crippen LogP contribution in [0.4, 0.5) is 0 Å². The van der Waals surface area contributed by atoms with Gasteiger partial charge in [0.15, 0.2) is 0 Å². The lowest BCUT2D eigenvalue weighted by atomic mass is 9.84. The Morgan fingerprint density at radius 1 is 1.14 bits per heavy atom. The molecular weight excluding hydrogens is 264 g/mol. The normalized spacial score (nSPS) is 15.0. The second-order valence-electron chi connectivity index (χ2n) is 6.08. The summed E-state index contributed by atoms with van der Waals surface area (Å²) in [6.07, 6.45) is 2.58. The number of amides is 2. The zero-order chi connectivity index (χ0) is 15.3. The number of rotatable bonds is 5. The summed E-state index contributed by atoms with van der Waals surface area (Å²) in [5, 5.41) is 2.89. The summed E-state index contributed by atoms with van der Waals surface area (Å²) < 4.78 is 0. The molecule has 0 aromatic heterocycles. The van der Waals surface area contributed by atoms with E-state index >= 15 is 0 Å². The minimum absolute atomic E-state index is 0.0390. The molecule has 21 heavy (non-hydrogen) atoms. The Morgan fingerprint density at radius 3 is 2.38 bits per heavy atom. The summed E-state index contributed by atoms with van der Waals surface area (Å²) in [6, 6.07) is 9.71. The van der Waals surface area contributed by atoms with Crippen molar-refractivity contribution in [2.45, 2.75) is 38.5 Å². The molecule has 1 N–H and O–H groups in total. The van der Waals surface area contributed by atoms with Crippen molar-refractivity contribution in [3.05, 3.63) is 35.9 Å². The Morgan fingerprint density at radius 2 is 1.76 bits per heavy atom. The fraction of sp³-hybridized carbons (Fsp3) is 0.529. The van der Waals surface area contributed by atoms with Crippen LogP contribution in [0, 0.1) is 0 Å². The van der Waals surface area contributed by atoms with Crippen LogP contribution in [-0.2, 0) is 15.0 Å². The third kappa shape index (κ3) is 3.84. The van der Waals surface area contributed by atoms with Crippen LogP contribution in [0.5, 0.6) is 0 Å². The third-order valence-corrected chi connectivity index (χ3v) is 4.15. The molecule has 0 spiro atoms. The first-order chi connectivity index (χ1) is 10.0. The Kier molecular flexibility index (Phi) is 4.99. The van der Waals surface area contributed by atoms with Crippen molar-refractivity contribution in [2.75, 3.05) is 19.6 Å². The number of nitrogens with zero attached hydrogens (tertiary/aromatic N) is 1. The lowest BCUT2D eigenvalue weighted by Gasteiger charge is -2.24. The van der Waals surface area contributed by atoms with Crippen molar-refractivity contribution in [1.82, 2.24) is 10.2 Å². The fourth-order valence-corrected chi connectivity index (χ4v) is 2.61. The van der Waals surface area contributed by atoms with E-state index in [9.17, 15) is 9.59 Å². The highest BCUT2D eigenvalue weighted by molar-refractivity contribution is 5.87. The van der Waals surface area contributed by atoms with Crippen molar-refractivity contribution >= 4 is 11.8 Å². The van der Waals surface area contributed by atoms with Gasteiger partial charge in [0.2, 0.25) is 11.8 Å². The first-order valence-electron chi connectivity index (χ1n) is 7.63. The average Bonchev–Trinajstić information content (AvgIpc) is 3.02. The van der Waals surface area contributed by atoms with Crippen LogP contribution < -0.4 is 5.32 Å². The topological polar surface area (TPSA) is 49.4 Å². The van der Waals surface area contributed by atoms with Crippen molar-refractivity contribution in [2.24, 2.45) is 0 Å². The standard InChI is InChI=1S/C17H24N2O2/c1-17(2,14-8-4-3-5-9-14)16(21)18-11-10-15(20)19-12-6-7-13-19/h3-5,8-9H,6-7,10-13H2,1-2H3,(H,18,21). The average molecular weight is 288 g/mol. The van der Waals surface area contributed by atoms with E-state index < -0.39 is 5.41 Å². The zero-order valence-corrected chi connectivity index (χ0v) is 12.9. The molecule has 2 amide bonds. The van der Waals surface area contributed by atoms with Gasteiger partial charge in [-0.1, -0.05) is 30.3 Å². The maximum atomic E-state index is 12.3. The summed E-state index contributed by atoms with van der Waals surface area (Å²) >= 11 is 0. The monoisotopic (exact) mass is 288 g/mol.